The van der Waals surface area contributed by atoms with Gasteiger partial charge in [0.25, 0.3) is 0 Å². The van der Waals surface area contributed by atoms with Crippen molar-refractivity contribution in [3.05, 3.63) is 0 Å². The summed E-state index contributed by atoms with van der Waals surface area (Å²) in [6.45, 7) is 6.61. The van der Waals surface area contributed by atoms with Crippen LogP contribution < -0.4 is 5.32 Å². The first-order valence-corrected chi connectivity index (χ1v) is 9.90. The molecular weight excluding hydrogens is 266 g/mol. The van der Waals surface area contributed by atoms with Crippen LogP contribution in [-0.4, -0.2) is 36.3 Å². The topological polar surface area (TPSA) is 21.3 Å². The van der Waals surface area contributed by atoms with Gasteiger partial charge in [-0.25, -0.2) is 0 Å². The van der Waals surface area contributed by atoms with E-state index in [1.807, 2.05) is 0 Å². The monoisotopic (exact) mass is 299 g/mol. The Morgan fingerprint density at radius 2 is 2.05 bits per heavy atom. The van der Waals surface area contributed by atoms with Crippen LogP contribution in [0.15, 0.2) is 0 Å². The summed E-state index contributed by atoms with van der Waals surface area (Å²) in [5.74, 6) is 3.41. The number of nitrogens with one attached hydrogen (secondary N) is 1. The first-order valence-electron chi connectivity index (χ1n) is 8.75. The summed E-state index contributed by atoms with van der Waals surface area (Å²) in [7, 11) is 0. The van der Waals surface area contributed by atoms with Gasteiger partial charge in [0.15, 0.2) is 0 Å². The standard InChI is InChI=1S/C17H33NOS/c1-3-12-20-14-16(18-4-2)15-8-11-19-17(13-15)9-6-5-7-10-17/h15-16,18H,3-14H2,1-2H3. The van der Waals surface area contributed by atoms with Gasteiger partial charge in [-0.2, -0.15) is 11.8 Å². The van der Waals surface area contributed by atoms with Crippen LogP contribution in [0.3, 0.4) is 0 Å². The van der Waals surface area contributed by atoms with Crippen molar-refractivity contribution >= 4 is 11.8 Å². The summed E-state index contributed by atoms with van der Waals surface area (Å²) >= 11 is 2.13. The van der Waals surface area contributed by atoms with Gasteiger partial charge in [-0.3, -0.25) is 0 Å². The van der Waals surface area contributed by atoms with E-state index < -0.39 is 0 Å². The lowest BCUT2D eigenvalue weighted by molar-refractivity contribution is -0.120. The van der Waals surface area contributed by atoms with E-state index in [1.54, 1.807) is 0 Å². The average molecular weight is 300 g/mol. The summed E-state index contributed by atoms with van der Waals surface area (Å²) in [5.41, 5.74) is 0.254. The predicted molar refractivity (Wildman–Crippen MR) is 89.6 cm³/mol. The predicted octanol–water partition coefficient (Wildman–Crippen LogP) is 4.24. The maximum absolute atomic E-state index is 6.26. The highest BCUT2D eigenvalue weighted by Crippen LogP contribution is 2.41. The molecule has 2 atom stereocenters. The lowest BCUT2D eigenvalue weighted by Gasteiger charge is -2.45. The molecule has 1 aliphatic carbocycles. The molecule has 2 aliphatic rings. The Kier molecular flexibility index (Phi) is 7.20. The summed E-state index contributed by atoms with van der Waals surface area (Å²) in [6.07, 6.45) is 10.6. The van der Waals surface area contributed by atoms with E-state index in [4.69, 9.17) is 4.74 Å². The Bertz CT molecular complexity index is 260. The minimum absolute atomic E-state index is 0.254. The van der Waals surface area contributed by atoms with Crippen LogP contribution in [0.2, 0.25) is 0 Å². The molecule has 0 bridgehead atoms. The number of thioether (sulfide) groups is 1. The molecule has 0 radical (unpaired) electrons. The zero-order valence-corrected chi connectivity index (χ0v) is 14.3. The van der Waals surface area contributed by atoms with Crippen LogP contribution in [0.4, 0.5) is 0 Å². The lowest BCUT2D eigenvalue weighted by Crippen LogP contribution is -2.48. The van der Waals surface area contributed by atoms with Crippen LogP contribution in [-0.2, 0) is 4.74 Å². The number of ether oxygens (including phenoxy) is 1. The fraction of sp³-hybridized carbons (Fsp3) is 1.00. The second-order valence-corrected chi connectivity index (χ2v) is 7.73. The molecule has 0 aromatic carbocycles. The molecule has 0 aromatic rings. The summed E-state index contributed by atoms with van der Waals surface area (Å²) in [4.78, 5) is 0. The quantitative estimate of drug-likeness (QED) is 0.711. The summed E-state index contributed by atoms with van der Waals surface area (Å²) in [5, 5.41) is 3.76. The van der Waals surface area contributed by atoms with E-state index in [-0.39, 0.29) is 5.60 Å². The Balaban J connectivity index is 1.89. The SMILES string of the molecule is CCCSCC(NCC)C1CCOC2(CCCCC2)C1. The molecule has 2 nitrogen and oxygen atoms in total. The maximum atomic E-state index is 6.26. The molecule has 1 N–H and O–H groups in total. The van der Waals surface area contributed by atoms with Crippen molar-refractivity contribution in [3.63, 3.8) is 0 Å². The molecule has 0 aromatic heterocycles. The minimum Gasteiger partial charge on any atom is -0.375 e. The van der Waals surface area contributed by atoms with Crippen molar-refractivity contribution in [2.75, 3.05) is 24.7 Å². The highest BCUT2D eigenvalue weighted by molar-refractivity contribution is 7.99. The average Bonchev–Trinajstić information content (AvgIpc) is 2.47. The van der Waals surface area contributed by atoms with E-state index in [0.29, 0.717) is 6.04 Å². The number of rotatable bonds is 7. The summed E-state index contributed by atoms with van der Waals surface area (Å²) in [6, 6.07) is 0.694. The van der Waals surface area contributed by atoms with Gasteiger partial charge in [0.2, 0.25) is 0 Å². The first kappa shape index (κ1) is 16.6. The van der Waals surface area contributed by atoms with Gasteiger partial charge in [-0.05, 0) is 50.3 Å². The third-order valence-corrected chi connectivity index (χ3v) is 6.27. The molecule has 2 unspecified atom stereocenters. The molecule has 2 fully saturated rings. The molecule has 1 saturated heterocycles. The molecule has 1 aliphatic heterocycles. The molecule has 1 heterocycles. The molecule has 2 rings (SSSR count). The van der Waals surface area contributed by atoms with E-state index >= 15 is 0 Å². The van der Waals surface area contributed by atoms with Crippen molar-refractivity contribution in [2.24, 2.45) is 5.92 Å². The molecule has 0 amide bonds. The van der Waals surface area contributed by atoms with Crippen LogP contribution in [0.5, 0.6) is 0 Å². The zero-order chi connectivity index (χ0) is 14.3. The number of hydrogen-bond acceptors (Lipinski definition) is 3. The molecule has 1 spiro atoms. The van der Waals surface area contributed by atoms with Crippen molar-refractivity contribution in [2.45, 2.75) is 76.9 Å². The highest BCUT2D eigenvalue weighted by atomic mass is 32.2. The fourth-order valence-corrected chi connectivity index (χ4v) is 5.03. The molecule has 20 heavy (non-hydrogen) atoms. The van der Waals surface area contributed by atoms with Gasteiger partial charge in [-0.15, -0.1) is 0 Å². The smallest absolute Gasteiger partial charge is 0.0685 e. The van der Waals surface area contributed by atoms with Gasteiger partial charge in [0, 0.05) is 18.4 Å². The van der Waals surface area contributed by atoms with E-state index in [0.717, 1.165) is 19.1 Å². The van der Waals surface area contributed by atoms with Gasteiger partial charge >= 0.3 is 0 Å². The van der Waals surface area contributed by atoms with Crippen LogP contribution in [0, 0.1) is 5.92 Å². The Labute approximate surface area is 129 Å². The van der Waals surface area contributed by atoms with Crippen LogP contribution >= 0.6 is 11.8 Å². The van der Waals surface area contributed by atoms with Gasteiger partial charge in [0.05, 0.1) is 5.60 Å². The normalized spacial score (nSPS) is 27.6. The van der Waals surface area contributed by atoms with Gasteiger partial charge in [-0.1, -0.05) is 33.1 Å². The van der Waals surface area contributed by atoms with Crippen molar-refractivity contribution < 1.29 is 4.74 Å². The summed E-state index contributed by atoms with van der Waals surface area (Å²) < 4.78 is 6.26. The fourth-order valence-electron chi connectivity index (χ4n) is 3.93. The Hall–Kier alpha value is 0.270. The second kappa shape index (κ2) is 8.65. The van der Waals surface area contributed by atoms with E-state index in [1.165, 1.54) is 62.9 Å². The van der Waals surface area contributed by atoms with Crippen molar-refractivity contribution in [1.29, 1.82) is 0 Å². The van der Waals surface area contributed by atoms with Crippen LogP contribution in [0.25, 0.3) is 0 Å². The molecule has 118 valence electrons. The van der Waals surface area contributed by atoms with E-state index in [9.17, 15) is 0 Å². The van der Waals surface area contributed by atoms with Crippen molar-refractivity contribution in [3.8, 4) is 0 Å². The maximum Gasteiger partial charge on any atom is 0.0685 e. The largest absolute Gasteiger partial charge is 0.375 e. The zero-order valence-electron chi connectivity index (χ0n) is 13.5. The van der Waals surface area contributed by atoms with Crippen LogP contribution in [0.1, 0.15) is 65.2 Å². The third-order valence-electron chi connectivity index (χ3n) is 4.98. The molecule has 1 saturated carbocycles. The Morgan fingerprint density at radius 3 is 2.75 bits per heavy atom. The molecular formula is C17H33NOS. The molecule has 3 heteroatoms. The highest BCUT2D eigenvalue weighted by Gasteiger charge is 2.40. The number of hydrogen-bond donors (Lipinski definition) is 1. The minimum atomic E-state index is 0.254. The second-order valence-electron chi connectivity index (χ2n) is 6.58. The van der Waals surface area contributed by atoms with Crippen molar-refractivity contribution in [1.82, 2.24) is 5.32 Å². The van der Waals surface area contributed by atoms with E-state index in [2.05, 4.69) is 30.9 Å². The Morgan fingerprint density at radius 1 is 1.25 bits per heavy atom. The first-order chi connectivity index (χ1) is 9.79. The van der Waals surface area contributed by atoms with Gasteiger partial charge < -0.3 is 10.1 Å². The lowest BCUT2D eigenvalue weighted by atomic mass is 9.74. The van der Waals surface area contributed by atoms with Gasteiger partial charge in [0.1, 0.15) is 0 Å². The third kappa shape index (κ3) is 4.64.